The van der Waals surface area contributed by atoms with Gasteiger partial charge >= 0.3 is 0 Å². The number of carbonyl (C=O) groups excluding carboxylic acids is 1. The quantitative estimate of drug-likeness (QED) is 0.605. The van der Waals surface area contributed by atoms with E-state index in [2.05, 4.69) is 0 Å². The first-order valence-corrected chi connectivity index (χ1v) is 5.75. The molecule has 0 saturated heterocycles. The molecule has 70 valence electrons. The van der Waals surface area contributed by atoms with Crippen LogP contribution in [0.5, 0.6) is 0 Å². The van der Waals surface area contributed by atoms with E-state index >= 15 is 0 Å². The summed E-state index contributed by atoms with van der Waals surface area (Å²) < 4.78 is -1.38. The molecule has 1 nitrogen and oxygen atoms in total. The largest absolute Gasteiger partial charge is 0.278 e. The van der Waals surface area contributed by atoms with E-state index in [0.717, 1.165) is 0 Å². The molecular formula is C8H5Cl3OS. The summed E-state index contributed by atoms with van der Waals surface area (Å²) in [4.78, 5) is 11.0. The van der Waals surface area contributed by atoms with E-state index in [0.29, 0.717) is 16.5 Å². The van der Waals surface area contributed by atoms with Crippen LogP contribution in [0, 0.1) is 0 Å². The highest BCUT2D eigenvalue weighted by Crippen LogP contribution is 2.44. The van der Waals surface area contributed by atoms with Gasteiger partial charge in [-0.15, -0.1) is 0 Å². The number of carbonyl (C=O) groups is 1. The zero-order chi connectivity index (χ0) is 9.90. The summed E-state index contributed by atoms with van der Waals surface area (Å²) in [6.45, 7) is 0. The van der Waals surface area contributed by atoms with Crippen molar-refractivity contribution in [3.63, 3.8) is 0 Å². The summed E-state index contributed by atoms with van der Waals surface area (Å²) in [5, 5.41) is -0.694. The molecule has 0 heterocycles. The molecule has 0 spiro atoms. The summed E-state index contributed by atoms with van der Waals surface area (Å²) in [7, 11) is 6.21. The van der Waals surface area contributed by atoms with E-state index in [1.165, 1.54) is 0 Å². The van der Waals surface area contributed by atoms with Crippen molar-refractivity contribution >= 4 is 50.1 Å². The molecule has 0 aliphatic rings. The van der Waals surface area contributed by atoms with Crippen LogP contribution in [-0.2, 0) is 9.00 Å². The van der Waals surface area contributed by atoms with Gasteiger partial charge in [-0.25, -0.2) is 0 Å². The highest BCUT2D eigenvalue weighted by molar-refractivity contribution is 8.23. The zero-order valence-electron chi connectivity index (χ0n) is 6.34. The third-order valence-corrected chi connectivity index (χ3v) is 4.18. The average Bonchev–Trinajstić information content (AvgIpc) is 2.17. The summed E-state index contributed by atoms with van der Waals surface area (Å²) in [5.41, 5.74) is 0.580. The minimum Gasteiger partial charge on any atom is -0.278 e. The van der Waals surface area contributed by atoms with Gasteiger partial charge in [0.2, 0.25) is 4.21 Å². The Balaban J connectivity index is 3.11. The molecular weight excluding hydrogens is 251 g/mol. The molecule has 1 aromatic rings. The second-order valence-corrected chi connectivity index (χ2v) is 4.68. The van der Waals surface area contributed by atoms with E-state index in [1.54, 1.807) is 24.3 Å². The van der Waals surface area contributed by atoms with E-state index in [9.17, 15) is 4.79 Å². The summed E-state index contributed by atoms with van der Waals surface area (Å²) in [6.07, 6.45) is 0. The number of halogens is 3. The van der Waals surface area contributed by atoms with Crippen LogP contribution < -0.4 is 0 Å². The van der Waals surface area contributed by atoms with E-state index in [4.69, 9.17) is 33.9 Å². The maximum absolute atomic E-state index is 11.0. The zero-order valence-corrected chi connectivity index (χ0v) is 9.42. The minimum absolute atomic E-state index is 0.580. The van der Waals surface area contributed by atoms with E-state index in [-0.39, 0.29) is 0 Å². The molecule has 0 saturated carbocycles. The van der Waals surface area contributed by atoms with Crippen LogP contribution in [0.2, 0.25) is 0 Å². The molecule has 1 rings (SSSR count). The molecule has 0 N–H and O–H groups in total. The summed E-state index contributed by atoms with van der Waals surface area (Å²) >= 11 is 11.3. The fourth-order valence-corrected chi connectivity index (χ4v) is 2.07. The molecule has 0 amide bonds. The van der Waals surface area contributed by atoms with Crippen molar-refractivity contribution in [3.05, 3.63) is 35.9 Å². The third-order valence-electron chi connectivity index (χ3n) is 1.50. The van der Waals surface area contributed by atoms with Crippen molar-refractivity contribution in [2.24, 2.45) is 0 Å². The molecule has 5 heteroatoms. The Hall–Kier alpha value is 0.110. The van der Waals surface area contributed by atoms with Crippen LogP contribution in [0.3, 0.4) is 0 Å². The van der Waals surface area contributed by atoms with Crippen LogP contribution in [-0.4, -0.2) is 5.24 Å². The maximum atomic E-state index is 11.0. The molecule has 1 atom stereocenters. The van der Waals surface area contributed by atoms with Crippen LogP contribution in [0.25, 0.3) is 0 Å². The van der Waals surface area contributed by atoms with Gasteiger partial charge in [0.25, 0.3) is 5.24 Å². The first-order chi connectivity index (χ1) is 6.11. The second kappa shape index (κ2) is 4.56. The average molecular weight is 256 g/mol. The fraction of sp³-hybridized carbons (Fsp3) is 0.125. The molecule has 1 aromatic carbocycles. The molecule has 0 radical (unpaired) electrons. The van der Waals surface area contributed by atoms with Gasteiger partial charge < -0.3 is 0 Å². The van der Waals surface area contributed by atoms with E-state index in [1.807, 2.05) is 6.07 Å². The lowest BCUT2D eigenvalue weighted by Crippen LogP contribution is -2.20. The lowest BCUT2D eigenvalue weighted by atomic mass is 10.1. The Morgan fingerprint density at radius 2 is 1.85 bits per heavy atom. The van der Waals surface area contributed by atoms with Gasteiger partial charge in [-0.1, -0.05) is 41.9 Å². The standard InChI is InChI=1S/C8H5Cl3OS/c9-7(12)8(10,13-11)6-4-2-1-3-5-6/h1-5H. The first kappa shape index (κ1) is 11.2. The Labute approximate surface area is 94.9 Å². The molecule has 0 bridgehead atoms. The van der Waals surface area contributed by atoms with Crippen LogP contribution >= 0.6 is 44.9 Å². The molecule has 0 aliphatic carbocycles. The second-order valence-electron chi connectivity index (χ2n) is 2.31. The van der Waals surface area contributed by atoms with Crippen LogP contribution in [0.4, 0.5) is 0 Å². The topological polar surface area (TPSA) is 17.1 Å². The monoisotopic (exact) mass is 254 g/mol. The number of alkyl halides is 1. The van der Waals surface area contributed by atoms with Gasteiger partial charge in [0, 0.05) is 0 Å². The number of hydrogen-bond donors (Lipinski definition) is 0. The molecule has 0 fully saturated rings. The highest BCUT2D eigenvalue weighted by Gasteiger charge is 2.37. The van der Waals surface area contributed by atoms with Crippen molar-refractivity contribution < 1.29 is 4.79 Å². The SMILES string of the molecule is O=C(Cl)C(Cl)(SCl)c1ccccc1. The van der Waals surface area contributed by atoms with Crippen LogP contribution in [0.15, 0.2) is 30.3 Å². The van der Waals surface area contributed by atoms with Gasteiger partial charge in [0.05, 0.1) is 0 Å². The lowest BCUT2D eigenvalue weighted by Gasteiger charge is -2.18. The number of benzene rings is 1. The smallest absolute Gasteiger partial charge is 0.258 e. The normalized spacial score (nSPS) is 15.0. The molecule has 0 aromatic heterocycles. The predicted octanol–water partition coefficient (Wildman–Crippen LogP) is 3.73. The molecule has 0 aliphatic heterocycles. The van der Waals surface area contributed by atoms with Gasteiger partial charge in [0.15, 0.2) is 0 Å². The van der Waals surface area contributed by atoms with Gasteiger partial charge in [-0.3, -0.25) is 4.79 Å². The Morgan fingerprint density at radius 3 is 2.23 bits per heavy atom. The highest BCUT2D eigenvalue weighted by atomic mass is 35.7. The Bertz CT molecular complexity index is 304. The first-order valence-electron chi connectivity index (χ1n) is 3.35. The maximum Gasteiger partial charge on any atom is 0.258 e. The third kappa shape index (κ3) is 2.32. The van der Waals surface area contributed by atoms with E-state index < -0.39 is 9.45 Å². The number of hydrogen-bond acceptors (Lipinski definition) is 2. The van der Waals surface area contributed by atoms with Crippen molar-refractivity contribution in [1.29, 1.82) is 0 Å². The van der Waals surface area contributed by atoms with Gasteiger partial charge in [-0.2, -0.15) is 0 Å². The molecule has 13 heavy (non-hydrogen) atoms. The van der Waals surface area contributed by atoms with Gasteiger partial charge in [0.1, 0.15) is 0 Å². The number of rotatable bonds is 3. The molecule has 1 unspecified atom stereocenters. The Kier molecular flexibility index (Phi) is 3.92. The lowest BCUT2D eigenvalue weighted by molar-refractivity contribution is -0.112. The summed E-state index contributed by atoms with van der Waals surface area (Å²) in [6, 6.07) is 8.74. The van der Waals surface area contributed by atoms with Crippen molar-refractivity contribution in [2.75, 3.05) is 0 Å². The van der Waals surface area contributed by atoms with Crippen LogP contribution in [0.1, 0.15) is 5.56 Å². The fourth-order valence-electron chi connectivity index (χ4n) is 0.841. The van der Waals surface area contributed by atoms with Crippen molar-refractivity contribution in [1.82, 2.24) is 0 Å². The summed E-state index contributed by atoms with van der Waals surface area (Å²) in [5.74, 6) is 0. The van der Waals surface area contributed by atoms with Gasteiger partial charge in [-0.05, 0) is 38.8 Å². The Morgan fingerprint density at radius 1 is 1.31 bits per heavy atom. The minimum atomic E-state index is -1.38. The predicted molar refractivity (Wildman–Crippen MR) is 58.3 cm³/mol. The van der Waals surface area contributed by atoms with Crippen molar-refractivity contribution in [2.45, 2.75) is 4.21 Å². The van der Waals surface area contributed by atoms with Crippen molar-refractivity contribution in [3.8, 4) is 0 Å².